The summed E-state index contributed by atoms with van der Waals surface area (Å²) in [7, 11) is -1.12. The Morgan fingerprint density at radius 1 is 1.08 bits per heavy atom. The molecule has 0 fully saturated rings. The lowest BCUT2D eigenvalue weighted by Crippen LogP contribution is -2.29. The van der Waals surface area contributed by atoms with Crippen LogP contribution in [0.3, 0.4) is 0 Å². The van der Waals surface area contributed by atoms with Crippen molar-refractivity contribution in [1.29, 1.82) is 0 Å². The zero-order valence-electron chi connectivity index (χ0n) is 13.1. The number of thioether (sulfide) groups is 1. The Morgan fingerprint density at radius 2 is 1.79 bits per heavy atom. The molecular formula is C16H15NO5S2. The molecule has 1 amide bonds. The highest BCUT2D eigenvalue weighted by Crippen LogP contribution is 2.40. The van der Waals surface area contributed by atoms with Crippen LogP contribution in [0.25, 0.3) is 0 Å². The summed E-state index contributed by atoms with van der Waals surface area (Å²) >= 11 is 1.27. The molecule has 0 saturated heterocycles. The fourth-order valence-electron chi connectivity index (χ4n) is 2.39. The van der Waals surface area contributed by atoms with E-state index < -0.39 is 15.9 Å². The number of rotatable bonds is 5. The summed E-state index contributed by atoms with van der Waals surface area (Å²) in [5, 5.41) is 0. The molecule has 6 nitrogen and oxygen atoms in total. The van der Waals surface area contributed by atoms with E-state index in [0.29, 0.717) is 5.75 Å². The summed E-state index contributed by atoms with van der Waals surface area (Å²) in [5.41, 5.74) is 0.0481. The van der Waals surface area contributed by atoms with Crippen LogP contribution in [-0.2, 0) is 10.0 Å². The number of sulfonamides is 1. The van der Waals surface area contributed by atoms with Gasteiger partial charge < -0.3 is 9.47 Å². The summed E-state index contributed by atoms with van der Waals surface area (Å²) in [6.07, 6.45) is 0. The fourth-order valence-corrected chi connectivity index (χ4v) is 5.09. The highest BCUT2D eigenvalue weighted by Gasteiger charge is 2.44. The summed E-state index contributed by atoms with van der Waals surface area (Å²) in [4.78, 5) is 13.4. The molecule has 2 aromatic rings. The van der Waals surface area contributed by atoms with Crippen molar-refractivity contribution in [1.82, 2.24) is 4.31 Å². The Morgan fingerprint density at radius 3 is 2.42 bits per heavy atom. The van der Waals surface area contributed by atoms with Gasteiger partial charge in [0.2, 0.25) is 0 Å². The van der Waals surface area contributed by atoms with E-state index in [0.717, 1.165) is 9.20 Å². The molecule has 126 valence electrons. The van der Waals surface area contributed by atoms with E-state index >= 15 is 0 Å². The van der Waals surface area contributed by atoms with Gasteiger partial charge in [-0.1, -0.05) is 18.2 Å². The Balaban J connectivity index is 1.98. The van der Waals surface area contributed by atoms with Gasteiger partial charge >= 0.3 is 0 Å². The quantitative estimate of drug-likeness (QED) is 0.759. The predicted molar refractivity (Wildman–Crippen MR) is 90.1 cm³/mol. The maximum Gasteiger partial charge on any atom is 0.273 e. The first kappa shape index (κ1) is 16.7. The molecule has 8 heteroatoms. The van der Waals surface area contributed by atoms with Crippen LogP contribution in [0, 0.1) is 0 Å². The molecule has 0 aromatic heterocycles. The topological polar surface area (TPSA) is 72.9 Å². The van der Waals surface area contributed by atoms with Crippen LogP contribution in [0.5, 0.6) is 11.5 Å². The third kappa shape index (κ3) is 2.71. The van der Waals surface area contributed by atoms with Gasteiger partial charge in [0.25, 0.3) is 15.9 Å². The maximum atomic E-state index is 12.7. The third-order valence-corrected chi connectivity index (χ3v) is 6.50. The first-order valence-corrected chi connectivity index (χ1v) is 9.42. The van der Waals surface area contributed by atoms with Crippen molar-refractivity contribution in [3.63, 3.8) is 0 Å². The number of nitrogens with zero attached hydrogens (tertiary/aromatic N) is 1. The molecule has 0 spiro atoms. The van der Waals surface area contributed by atoms with Gasteiger partial charge in [-0.15, -0.1) is 11.8 Å². The lowest BCUT2D eigenvalue weighted by molar-refractivity contribution is 0.0884. The van der Waals surface area contributed by atoms with Crippen molar-refractivity contribution in [2.75, 3.05) is 20.1 Å². The second-order valence-electron chi connectivity index (χ2n) is 4.95. The van der Waals surface area contributed by atoms with Crippen LogP contribution >= 0.6 is 11.8 Å². The molecule has 0 bridgehead atoms. The van der Waals surface area contributed by atoms with Gasteiger partial charge in [-0.25, -0.2) is 12.7 Å². The lowest BCUT2D eigenvalue weighted by Gasteiger charge is -2.14. The third-order valence-electron chi connectivity index (χ3n) is 3.60. The minimum absolute atomic E-state index is 0.00860. The average Bonchev–Trinajstić information content (AvgIpc) is 2.79. The SMILES string of the molecule is COc1cc(OC)c2c(c1)S(=O)(=O)N(CSc1ccccc1)C2=O. The van der Waals surface area contributed by atoms with Gasteiger partial charge in [-0.05, 0) is 12.1 Å². The van der Waals surface area contributed by atoms with Gasteiger partial charge in [0.15, 0.2) is 0 Å². The molecule has 2 aromatic carbocycles. The number of benzene rings is 2. The van der Waals surface area contributed by atoms with Gasteiger partial charge in [0, 0.05) is 17.0 Å². The molecular weight excluding hydrogens is 350 g/mol. The van der Waals surface area contributed by atoms with Crippen molar-refractivity contribution in [2.45, 2.75) is 9.79 Å². The van der Waals surface area contributed by atoms with E-state index in [1.165, 1.54) is 38.1 Å². The van der Waals surface area contributed by atoms with Gasteiger partial charge in [0.05, 0.1) is 20.1 Å². The van der Waals surface area contributed by atoms with E-state index in [9.17, 15) is 13.2 Å². The monoisotopic (exact) mass is 365 g/mol. The summed E-state index contributed by atoms with van der Waals surface area (Å²) < 4.78 is 36.6. The number of hydrogen-bond acceptors (Lipinski definition) is 6. The second kappa shape index (κ2) is 6.37. The van der Waals surface area contributed by atoms with Crippen molar-refractivity contribution in [3.8, 4) is 11.5 Å². The van der Waals surface area contributed by atoms with Crippen molar-refractivity contribution in [2.24, 2.45) is 0 Å². The number of fused-ring (bicyclic) bond motifs is 1. The molecule has 0 aliphatic carbocycles. The standard InChI is InChI=1S/C16H15NO5S2/c1-21-11-8-13(22-2)15-14(9-11)24(19,20)17(16(15)18)10-23-12-6-4-3-5-7-12/h3-9H,10H2,1-2H3. The van der Waals surface area contributed by atoms with Crippen LogP contribution in [0.1, 0.15) is 10.4 Å². The number of amides is 1. The number of methoxy groups -OCH3 is 2. The molecule has 1 heterocycles. The second-order valence-corrected chi connectivity index (χ2v) is 7.80. The lowest BCUT2D eigenvalue weighted by atomic mass is 10.2. The summed E-state index contributed by atoms with van der Waals surface area (Å²) in [5.74, 6) is -0.0941. The fraction of sp³-hybridized carbons (Fsp3) is 0.188. The highest BCUT2D eigenvalue weighted by molar-refractivity contribution is 8.00. The molecule has 0 radical (unpaired) electrons. The van der Waals surface area contributed by atoms with E-state index in [4.69, 9.17) is 9.47 Å². The van der Waals surface area contributed by atoms with Crippen LogP contribution in [0.4, 0.5) is 0 Å². The first-order valence-electron chi connectivity index (χ1n) is 7.00. The zero-order valence-corrected chi connectivity index (χ0v) is 14.7. The van der Waals surface area contributed by atoms with Crippen LogP contribution in [0.2, 0.25) is 0 Å². The Hall–Kier alpha value is -2.19. The van der Waals surface area contributed by atoms with Crippen molar-refractivity contribution >= 4 is 27.7 Å². The van der Waals surface area contributed by atoms with Crippen LogP contribution < -0.4 is 9.47 Å². The molecule has 0 atom stereocenters. The number of carbonyl (C=O) groups excluding carboxylic acids is 1. The predicted octanol–water partition coefficient (Wildman–Crippen LogP) is 2.60. The van der Waals surface area contributed by atoms with Crippen LogP contribution in [-0.4, -0.2) is 38.7 Å². The number of hydrogen-bond donors (Lipinski definition) is 0. The van der Waals surface area contributed by atoms with Crippen molar-refractivity contribution in [3.05, 3.63) is 48.0 Å². The molecule has 1 aliphatic rings. The molecule has 0 N–H and O–H groups in total. The number of carbonyl (C=O) groups is 1. The zero-order chi connectivity index (χ0) is 17.3. The molecule has 3 rings (SSSR count). The Bertz CT molecular complexity index is 881. The minimum Gasteiger partial charge on any atom is -0.497 e. The highest BCUT2D eigenvalue weighted by atomic mass is 32.2. The largest absolute Gasteiger partial charge is 0.497 e. The Kier molecular flexibility index (Phi) is 4.42. The van der Waals surface area contributed by atoms with Gasteiger partial charge in [-0.2, -0.15) is 0 Å². The summed E-state index contributed by atoms with van der Waals surface area (Å²) in [6.45, 7) is 0. The van der Waals surface area contributed by atoms with E-state index in [1.54, 1.807) is 0 Å². The van der Waals surface area contributed by atoms with Gasteiger partial charge in [-0.3, -0.25) is 4.79 Å². The number of ether oxygens (including phenoxy) is 2. The van der Waals surface area contributed by atoms with Gasteiger partial charge in [0.1, 0.15) is 22.0 Å². The molecule has 0 unspecified atom stereocenters. The normalized spacial score (nSPS) is 15.2. The Labute approximate surface area is 144 Å². The maximum absolute atomic E-state index is 12.7. The van der Waals surface area contributed by atoms with E-state index in [2.05, 4.69) is 0 Å². The summed E-state index contributed by atoms with van der Waals surface area (Å²) in [6, 6.07) is 12.1. The molecule has 1 aliphatic heterocycles. The smallest absolute Gasteiger partial charge is 0.273 e. The molecule has 0 saturated carbocycles. The molecule has 24 heavy (non-hydrogen) atoms. The minimum atomic E-state index is -3.93. The van der Waals surface area contributed by atoms with E-state index in [-0.39, 0.29) is 22.1 Å². The van der Waals surface area contributed by atoms with Crippen LogP contribution in [0.15, 0.2) is 52.3 Å². The first-order chi connectivity index (χ1) is 11.5. The van der Waals surface area contributed by atoms with Crippen molar-refractivity contribution < 1.29 is 22.7 Å². The van der Waals surface area contributed by atoms with E-state index in [1.807, 2.05) is 30.3 Å². The average molecular weight is 365 g/mol.